The van der Waals surface area contributed by atoms with E-state index in [4.69, 9.17) is 4.74 Å². The van der Waals surface area contributed by atoms with Crippen LogP contribution in [0.15, 0.2) is 11.3 Å². The van der Waals surface area contributed by atoms with Gasteiger partial charge in [-0.15, -0.1) is 0 Å². The Hall–Kier alpha value is -1.50. The van der Waals surface area contributed by atoms with Crippen molar-refractivity contribution >= 4 is 5.78 Å². The van der Waals surface area contributed by atoms with E-state index in [0.29, 0.717) is 0 Å². The average Bonchev–Trinajstić information content (AvgIpc) is 2.89. The topological polar surface area (TPSA) is 47.6 Å². The molecule has 4 nitrogen and oxygen atoms in total. The lowest BCUT2D eigenvalue weighted by atomic mass is 9.77. The fourth-order valence-corrected chi connectivity index (χ4v) is 3.35. The van der Waals surface area contributed by atoms with Crippen molar-refractivity contribution in [1.29, 1.82) is 0 Å². The van der Waals surface area contributed by atoms with Gasteiger partial charge in [-0.2, -0.15) is 39.5 Å². The second-order valence-electron chi connectivity index (χ2n) is 6.18. The first-order valence-corrected chi connectivity index (χ1v) is 7.55. The van der Waals surface area contributed by atoms with E-state index in [1.165, 1.54) is 0 Å². The van der Waals surface area contributed by atoms with Crippen molar-refractivity contribution in [2.75, 3.05) is 13.7 Å². The Labute approximate surface area is 146 Å². The van der Waals surface area contributed by atoms with Crippen molar-refractivity contribution in [3.05, 3.63) is 11.3 Å². The second kappa shape index (κ2) is 7.15. The predicted molar refractivity (Wildman–Crippen MR) is 70.4 cm³/mol. The zero-order chi connectivity index (χ0) is 20.8. The molecule has 156 valence electrons. The summed E-state index contributed by atoms with van der Waals surface area (Å²) in [5, 5.41) is 1.75. The zero-order valence-corrected chi connectivity index (χ0v) is 13.6. The number of rotatable bonds is 4. The smallest absolute Gasteiger partial charge is 0.381 e. The number of nitrogens with one attached hydrogen (secondary N) is 1. The number of ether oxygens (including phenoxy) is 2. The predicted octanol–water partition coefficient (Wildman–Crippen LogP) is 3.28. The van der Waals surface area contributed by atoms with Crippen molar-refractivity contribution in [1.82, 2.24) is 5.32 Å². The Morgan fingerprint density at radius 3 is 2.11 bits per heavy atom. The minimum Gasteiger partial charge on any atom is -0.381 e. The van der Waals surface area contributed by atoms with Crippen LogP contribution >= 0.6 is 0 Å². The summed E-state index contributed by atoms with van der Waals surface area (Å²) in [6, 6.07) is -1.57. The molecule has 1 aliphatic heterocycles. The summed E-state index contributed by atoms with van der Waals surface area (Å²) >= 11 is 0. The van der Waals surface area contributed by atoms with E-state index < -0.39 is 72.8 Å². The minimum atomic E-state index is -5.58. The molecule has 0 aromatic carbocycles. The number of alkyl halides is 9. The van der Waals surface area contributed by atoms with Crippen LogP contribution in [0.5, 0.6) is 0 Å². The van der Waals surface area contributed by atoms with Gasteiger partial charge in [-0.3, -0.25) is 4.79 Å². The quantitative estimate of drug-likeness (QED) is 0.717. The second-order valence-corrected chi connectivity index (χ2v) is 6.18. The molecule has 4 unspecified atom stereocenters. The molecule has 2 rings (SSSR count). The van der Waals surface area contributed by atoms with E-state index in [9.17, 15) is 44.3 Å². The highest BCUT2D eigenvalue weighted by Crippen LogP contribution is 2.45. The zero-order valence-electron chi connectivity index (χ0n) is 13.6. The highest BCUT2D eigenvalue weighted by atomic mass is 19.4. The van der Waals surface area contributed by atoms with Gasteiger partial charge < -0.3 is 14.8 Å². The van der Waals surface area contributed by atoms with Gasteiger partial charge in [-0.25, -0.2) is 0 Å². The summed E-state index contributed by atoms with van der Waals surface area (Å²) in [6.07, 6.45) is -18.9. The van der Waals surface area contributed by atoms with Crippen LogP contribution in [-0.4, -0.2) is 56.3 Å². The van der Waals surface area contributed by atoms with Gasteiger partial charge in [0, 0.05) is 25.0 Å². The van der Waals surface area contributed by atoms with Crippen molar-refractivity contribution in [2.24, 2.45) is 5.92 Å². The maximum absolute atomic E-state index is 13.2. The number of ketones is 1. The number of carbonyl (C=O) groups excluding carboxylic acids is 1. The summed E-state index contributed by atoms with van der Waals surface area (Å²) in [4.78, 5) is 11.6. The lowest BCUT2D eigenvalue weighted by Crippen LogP contribution is -2.51. The Kier molecular flexibility index (Phi) is 5.77. The Morgan fingerprint density at radius 2 is 1.67 bits per heavy atom. The fraction of sp³-hybridized carbons (Fsp3) is 0.786. The third-order valence-corrected chi connectivity index (χ3v) is 4.38. The Bertz CT molecular complexity index is 608. The van der Waals surface area contributed by atoms with Gasteiger partial charge in [-0.1, -0.05) is 0 Å². The molecular weight excluding hydrogens is 401 g/mol. The summed E-state index contributed by atoms with van der Waals surface area (Å²) in [5.74, 6) is -4.35. The highest BCUT2D eigenvalue weighted by molar-refractivity contribution is 6.01. The van der Waals surface area contributed by atoms with E-state index in [1.807, 2.05) is 0 Å². The fourth-order valence-electron chi connectivity index (χ4n) is 3.35. The monoisotopic (exact) mass is 415 g/mol. The van der Waals surface area contributed by atoms with Crippen molar-refractivity contribution in [3.63, 3.8) is 0 Å². The molecule has 0 aromatic rings. The summed E-state index contributed by atoms with van der Waals surface area (Å²) in [6.45, 7) is -1.80. The first-order chi connectivity index (χ1) is 12.1. The lowest BCUT2D eigenvalue weighted by Gasteiger charge is -2.38. The molecule has 1 saturated carbocycles. The van der Waals surface area contributed by atoms with Gasteiger partial charge in [0.1, 0.15) is 12.3 Å². The number of hydrogen-bond acceptors (Lipinski definition) is 4. The number of hydrogen-bond donors (Lipinski definition) is 1. The Balaban J connectivity index is 2.41. The van der Waals surface area contributed by atoms with Gasteiger partial charge in [0.05, 0.1) is 18.2 Å². The molecule has 1 heterocycles. The van der Waals surface area contributed by atoms with Crippen LogP contribution in [-0.2, 0) is 14.3 Å². The maximum atomic E-state index is 13.2. The minimum absolute atomic E-state index is 0.278. The first-order valence-electron chi connectivity index (χ1n) is 7.55. The normalized spacial score (nSPS) is 29.6. The van der Waals surface area contributed by atoms with E-state index >= 15 is 0 Å². The molecule has 13 heteroatoms. The SMILES string of the molecule is COC1CC(OCC(F)(F)F)C2NC(C(F)(F)F)=C(C(=O)C(F)(F)F)C2C1. The van der Waals surface area contributed by atoms with Crippen LogP contribution in [0.2, 0.25) is 0 Å². The molecule has 0 spiro atoms. The number of fused-ring (bicyclic) bond motifs is 1. The molecular formula is C14H14F9NO3. The van der Waals surface area contributed by atoms with Gasteiger partial charge in [0.2, 0.25) is 0 Å². The average molecular weight is 415 g/mol. The molecule has 0 radical (unpaired) electrons. The molecule has 4 atom stereocenters. The number of methoxy groups -OCH3 is 1. The molecule has 1 N–H and O–H groups in total. The van der Waals surface area contributed by atoms with Crippen LogP contribution < -0.4 is 5.32 Å². The molecule has 0 bridgehead atoms. The standard InChI is InChI=1S/C14H14F9NO3/c1-26-5-2-6-8(11(25)14(21,22)23)10(13(18,19)20)24-9(6)7(3-5)27-4-12(15,16)17/h5-7,9,24H,2-4H2,1H3. The highest BCUT2D eigenvalue weighted by Gasteiger charge is 2.57. The van der Waals surface area contributed by atoms with Gasteiger partial charge >= 0.3 is 18.5 Å². The molecule has 27 heavy (non-hydrogen) atoms. The first kappa shape index (κ1) is 21.8. The largest absolute Gasteiger partial charge is 0.454 e. The summed E-state index contributed by atoms with van der Waals surface area (Å²) < 4.78 is 125. The van der Waals surface area contributed by atoms with Crippen LogP contribution in [0, 0.1) is 5.92 Å². The van der Waals surface area contributed by atoms with E-state index in [-0.39, 0.29) is 6.42 Å². The van der Waals surface area contributed by atoms with Crippen LogP contribution in [0.1, 0.15) is 12.8 Å². The molecule has 0 aromatic heterocycles. The molecule has 1 aliphatic carbocycles. The molecule has 2 aliphatic rings. The van der Waals surface area contributed by atoms with Crippen molar-refractivity contribution < 1.29 is 53.8 Å². The van der Waals surface area contributed by atoms with Crippen LogP contribution in [0.3, 0.4) is 0 Å². The molecule has 0 amide bonds. The van der Waals surface area contributed by atoms with Gasteiger partial charge in [0.25, 0.3) is 5.78 Å². The van der Waals surface area contributed by atoms with E-state index in [2.05, 4.69) is 4.74 Å². The number of allylic oxidation sites excluding steroid dienone is 1. The third kappa shape index (κ3) is 4.86. The summed E-state index contributed by atoms with van der Waals surface area (Å²) in [5.41, 5.74) is -3.46. The van der Waals surface area contributed by atoms with Crippen molar-refractivity contribution in [2.45, 2.75) is 49.6 Å². The molecule has 0 saturated heterocycles. The lowest BCUT2D eigenvalue weighted by molar-refractivity contribution is -0.196. The number of Topliss-reactive ketones (excluding diaryl/α,β-unsaturated/α-hetero) is 1. The summed E-state index contributed by atoms with van der Waals surface area (Å²) in [7, 11) is 1.10. The maximum Gasteiger partial charge on any atom is 0.454 e. The van der Waals surface area contributed by atoms with Crippen LogP contribution in [0.25, 0.3) is 0 Å². The third-order valence-electron chi connectivity index (χ3n) is 4.38. The van der Waals surface area contributed by atoms with Gasteiger partial charge in [0.15, 0.2) is 0 Å². The molecule has 1 fully saturated rings. The number of carbonyl (C=O) groups is 1. The van der Waals surface area contributed by atoms with E-state index in [1.54, 1.807) is 5.32 Å². The van der Waals surface area contributed by atoms with Gasteiger partial charge in [-0.05, 0) is 6.42 Å². The number of halogens is 9. The van der Waals surface area contributed by atoms with Crippen LogP contribution in [0.4, 0.5) is 39.5 Å². The Morgan fingerprint density at radius 1 is 1.07 bits per heavy atom. The van der Waals surface area contributed by atoms with E-state index in [0.717, 1.165) is 7.11 Å². The van der Waals surface area contributed by atoms with Crippen molar-refractivity contribution in [3.8, 4) is 0 Å².